The summed E-state index contributed by atoms with van der Waals surface area (Å²) in [5.41, 5.74) is 1.79. The number of likely N-dealkylation sites (N-methyl/N-ethyl adjacent to an activating group) is 1. The van der Waals surface area contributed by atoms with Gasteiger partial charge in [-0.2, -0.15) is 0 Å². The second-order valence-corrected chi connectivity index (χ2v) is 6.59. The van der Waals surface area contributed by atoms with Gasteiger partial charge in [0.15, 0.2) is 0 Å². The van der Waals surface area contributed by atoms with E-state index >= 15 is 0 Å². The Morgan fingerprint density at radius 1 is 1.14 bits per heavy atom. The normalized spacial score (nSPS) is 16.6. The van der Waals surface area contributed by atoms with Crippen LogP contribution in [0.2, 0.25) is 0 Å². The molecule has 2 amide bonds. The summed E-state index contributed by atoms with van der Waals surface area (Å²) in [6.07, 6.45) is 3.96. The molecule has 5 heteroatoms. The van der Waals surface area contributed by atoms with Crippen molar-refractivity contribution >= 4 is 23.6 Å². The molecule has 0 spiro atoms. The molecule has 1 saturated heterocycles. The number of hydrogen-bond donors (Lipinski definition) is 0. The van der Waals surface area contributed by atoms with Gasteiger partial charge in [0, 0.05) is 24.9 Å². The number of ether oxygens (including phenoxy) is 1. The van der Waals surface area contributed by atoms with Crippen LogP contribution in [0.3, 0.4) is 0 Å². The van der Waals surface area contributed by atoms with E-state index in [0.717, 1.165) is 17.0 Å². The summed E-state index contributed by atoms with van der Waals surface area (Å²) < 4.78 is 5.43. The van der Waals surface area contributed by atoms with Crippen LogP contribution in [0.25, 0.3) is 6.08 Å². The number of anilines is 1. The molecule has 1 aliphatic heterocycles. The topological polar surface area (TPSA) is 49.9 Å². The predicted molar refractivity (Wildman–Crippen MR) is 111 cm³/mol. The van der Waals surface area contributed by atoms with Crippen LogP contribution in [-0.2, 0) is 9.59 Å². The maximum atomic E-state index is 12.9. The highest BCUT2D eigenvalue weighted by Gasteiger charge is 2.37. The maximum Gasteiger partial charge on any atom is 0.249 e. The van der Waals surface area contributed by atoms with Crippen LogP contribution >= 0.6 is 0 Å². The standard InChI is InChI=1S/C23H26N2O3/c1-3-24(21-16-17-25(23(21)27)19-8-6-5-7-9-19)22(26)15-12-18-10-13-20(14-11-18)28-4-2/h5-15,21H,3-4,16-17H2,1-2H3. The van der Waals surface area contributed by atoms with Crippen LogP contribution in [0.4, 0.5) is 5.69 Å². The third kappa shape index (κ3) is 4.42. The minimum atomic E-state index is -0.414. The van der Waals surface area contributed by atoms with Crippen LogP contribution in [0.5, 0.6) is 5.75 Å². The van der Waals surface area contributed by atoms with Gasteiger partial charge in [-0.1, -0.05) is 30.3 Å². The summed E-state index contributed by atoms with van der Waals surface area (Å²) >= 11 is 0. The first-order valence-electron chi connectivity index (χ1n) is 9.72. The fourth-order valence-electron chi connectivity index (χ4n) is 3.45. The molecular weight excluding hydrogens is 352 g/mol. The number of nitrogens with zero attached hydrogens (tertiary/aromatic N) is 2. The first kappa shape index (κ1) is 19.7. The Morgan fingerprint density at radius 3 is 2.50 bits per heavy atom. The monoisotopic (exact) mass is 378 g/mol. The molecule has 1 atom stereocenters. The molecule has 1 unspecified atom stereocenters. The van der Waals surface area contributed by atoms with E-state index in [1.165, 1.54) is 6.08 Å². The molecule has 0 aromatic heterocycles. The van der Waals surface area contributed by atoms with Crippen molar-refractivity contribution in [3.8, 4) is 5.75 Å². The summed E-state index contributed by atoms with van der Waals surface area (Å²) in [6, 6.07) is 16.8. The van der Waals surface area contributed by atoms with Crippen molar-refractivity contribution in [3.05, 3.63) is 66.2 Å². The number of amides is 2. The van der Waals surface area contributed by atoms with E-state index in [9.17, 15) is 9.59 Å². The van der Waals surface area contributed by atoms with Gasteiger partial charge in [-0.05, 0) is 56.2 Å². The molecule has 1 heterocycles. The van der Waals surface area contributed by atoms with Crippen molar-refractivity contribution in [2.24, 2.45) is 0 Å². The second-order valence-electron chi connectivity index (χ2n) is 6.59. The van der Waals surface area contributed by atoms with E-state index in [4.69, 9.17) is 4.74 Å². The molecule has 0 radical (unpaired) electrons. The first-order valence-corrected chi connectivity index (χ1v) is 9.72. The van der Waals surface area contributed by atoms with Crippen molar-refractivity contribution in [1.29, 1.82) is 0 Å². The number of para-hydroxylation sites is 1. The minimum absolute atomic E-state index is 0.0177. The van der Waals surface area contributed by atoms with E-state index in [0.29, 0.717) is 26.1 Å². The Kier molecular flexibility index (Phi) is 6.48. The number of carbonyl (C=O) groups is 2. The summed E-state index contributed by atoms with van der Waals surface area (Å²) in [6.45, 7) is 5.58. The van der Waals surface area contributed by atoms with Crippen LogP contribution in [0.1, 0.15) is 25.8 Å². The van der Waals surface area contributed by atoms with Crippen LogP contribution in [0.15, 0.2) is 60.7 Å². The Balaban J connectivity index is 1.67. The number of rotatable bonds is 7. The Labute approximate surface area is 166 Å². The quantitative estimate of drug-likeness (QED) is 0.690. The highest BCUT2D eigenvalue weighted by molar-refractivity contribution is 6.03. The fraction of sp³-hybridized carbons (Fsp3) is 0.304. The molecule has 1 aliphatic rings. The predicted octanol–water partition coefficient (Wildman–Crippen LogP) is 3.75. The van der Waals surface area contributed by atoms with E-state index in [1.54, 1.807) is 15.9 Å². The molecule has 0 saturated carbocycles. The Bertz CT molecular complexity index is 831. The van der Waals surface area contributed by atoms with Crippen LogP contribution < -0.4 is 9.64 Å². The van der Waals surface area contributed by atoms with Gasteiger partial charge in [0.1, 0.15) is 11.8 Å². The van der Waals surface area contributed by atoms with Crippen molar-refractivity contribution in [2.45, 2.75) is 26.3 Å². The van der Waals surface area contributed by atoms with Gasteiger partial charge in [-0.15, -0.1) is 0 Å². The lowest BCUT2D eigenvalue weighted by Gasteiger charge is -2.25. The molecule has 3 rings (SSSR count). The lowest BCUT2D eigenvalue weighted by Crippen LogP contribution is -2.44. The Morgan fingerprint density at radius 2 is 1.86 bits per heavy atom. The number of hydrogen-bond acceptors (Lipinski definition) is 3. The summed E-state index contributed by atoms with van der Waals surface area (Å²) in [5, 5.41) is 0. The SMILES string of the molecule is CCOc1ccc(C=CC(=O)N(CC)C2CCN(c3ccccc3)C2=O)cc1. The third-order valence-electron chi connectivity index (χ3n) is 4.85. The average molecular weight is 378 g/mol. The summed E-state index contributed by atoms with van der Waals surface area (Å²) in [7, 11) is 0. The van der Waals surface area contributed by atoms with Crippen LogP contribution in [0, 0.1) is 0 Å². The minimum Gasteiger partial charge on any atom is -0.494 e. The lowest BCUT2D eigenvalue weighted by molar-refractivity contribution is -0.134. The van der Waals surface area contributed by atoms with E-state index < -0.39 is 6.04 Å². The van der Waals surface area contributed by atoms with Crippen LogP contribution in [-0.4, -0.2) is 42.5 Å². The van der Waals surface area contributed by atoms with Crippen molar-refractivity contribution < 1.29 is 14.3 Å². The van der Waals surface area contributed by atoms with E-state index in [1.807, 2.05) is 68.4 Å². The average Bonchev–Trinajstić information content (AvgIpc) is 3.10. The van der Waals surface area contributed by atoms with Gasteiger partial charge >= 0.3 is 0 Å². The fourth-order valence-corrected chi connectivity index (χ4v) is 3.45. The Hall–Kier alpha value is -3.08. The van der Waals surface area contributed by atoms with Gasteiger partial charge in [0.05, 0.1) is 6.61 Å². The van der Waals surface area contributed by atoms with Crippen molar-refractivity contribution in [1.82, 2.24) is 4.90 Å². The molecule has 5 nitrogen and oxygen atoms in total. The maximum absolute atomic E-state index is 12.9. The zero-order valence-corrected chi connectivity index (χ0v) is 16.4. The van der Waals surface area contributed by atoms with Gasteiger partial charge in [0.2, 0.25) is 11.8 Å². The molecule has 146 valence electrons. The number of benzene rings is 2. The van der Waals surface area contributed by atoms with Gasteiger partial charge in [-0.3, -0.25) is 9.59 Å². The van der Waals surface area contributed by atoms with E-state index in [2.05, 4.69) is 0 Å². The second kappa shape index (κ2) is 9.22. The van der Waals surface area contributed by atoms with Gasteiger partial charge in [-0.25, -0.2) is 0 Å². The number of carbonyl (C=O) groups excluding carboxylic acids is 2. The zero-order valence-electron chi connectivity index (χ0n) is 16.4. The molecule has 2 aromatic rings. The molecule has 2 aromatic carbocycles. The smallest absolute Gasteiger partial charge is 0.249 e. The highest BCUT2D eigenvalue weighted by atomic mass is 16.5. The molecule has 28 heavy (non-hydrogen) atoms. The summed E-state index contributed by atoms with van der Waals surface area (Å²) in [5.74, 6) is 0.638. The summed E-state index contributed by atoms with van der Waals surface area (Å²) in [4.78, 5) is 29.0. The molecule has 0 bridgehead atoms. The lowest BCUT2D eigenvalue weighted by atomic mass is 10.1. The van der Waals surface area contributed by atoms with E-state index in [-0.39, 0.29) is 11.8 Å². The molecular formula is C23H26N2O3. The third-order valence-corrected chi connectivity index (χ3v) is 4.85. The largest absolute Gasteiger partial charge is 0.494 e. The highest BCUT2D eigenvalue weighted by Crippen LogP contribution is 2.24. The molecule has 0 aliphatic carbocycles. The van der Waals surface area contributed by atoms with Crippen molar-refractivity contribution in [3.63, 3.8) is 0 Å². The zero-order chi connectivity index (χ0) is 19.9. The van der Waals surface area contributed by atoms with Gasteiger partial charge in [0.25, 0.3) is 0 Å². The molecule has 1 fully saturated rings. The van der Waals surface area contributed by atoms with Crippen molar-refractivity contribution in [2.75, 3.05) is 24.6 Å². The van der Waals surface area contributed by atoms with Gasteiger partial charge < -0.3 is 14.5 Å². The molecule has 0 N–H and O–H groups in total. The first-order chi connectivity index (χ1) is 13.6.